The number of likely N-dealkylation sites (N-methyl/N-ethyl adjacent to an activating group) is 1. The monoisotopic (exact) mass is 651 g/mol. The molecule has 3 rings (SSSR count). The molecule has 3 N–H and O–H groups in total. The van der Waals surface area contributed by atoms with Crippen LogP contribution in [0.5, 0.6) is 5.75 Å². The number of sulfonamides is 1. The largest absolute Gasteiger partial charge is 0.490 e. The number of fused-ring (bicyclic) bond motifs is 1. The number of aliphatic hydroxyl groups is 1. The van der Waals surface area contributed by atoms with Gasteiger partial charge in [-0.2, -0.15) is 4.31 Å². The predicted octanol–water partition coefficient (Wildman–Crippen LogP) is 3.94. The highest BCUT2D eigenvalue weighted by Crippen LogP contribution is 2.29. The van der Waals surface area contributed by atoms with Gasteiger partial charge in [0, 0.05) is 44.4 Å². The highest BCUT2D eigenvalue weighted by Gasteiger charge is 2.34. The molecule has 0 bridgehead atoms. The highest BCUT2D eigenvalue weighted by molar-refractivity contribution is 7.89. The molecule has 0 saturated carbocycles. The second-order valence-electron chi connectivity index (χ2n) is 12.2. The smallest absolute Gasteiger partial charge is 0.319 e. The van der Waals surface area contributed by atoms with Gasteiger partial charge in [0.25, 0.3) is 5.91 Å². The number of carbonyl (C=O) groups is 2. The van der Waals surface area contributed by atoms with Crippen LogP contribution >= 0.6 is 0 Å². The van der Waals surface area contributed by atoms with Crippen LogP contribution in [0.15, 0.2) is 27.6 Å². The van der Waals surface area contributed by atoms with E-state index in [0.717, 1.165) is 12.8 Å². The van der Waals surface area contributed by atoms with Crippen molar-refractivity contribution in [3.63, 3.8) is 0 Å². The van der Waals surface area contributed by atoms with Crippen LogP contribution < -0.4 is 15.4 Å². The van der Waals surface area contributed by atoms with Crippen LogP contribution in [0, 0.1) is 19.8 Å². The molecule has 13 nitrogen and oxygen atoms in total. The van der Waals surface area contributed by atoms with Gasteiger partial charge in [-0.3, -0.25) is 4.79 Å². The fourth-order valence-electron chi connectivity index (χ4n) is 5.24. The van der Waals surface area contributed by atoms with E-state index in [0.29, 0.717) is 24.5 Å². The SMILES string of the molecule is Cc1noc(C)c1S(=O)(=O)N(C)C[C@@H]1OCCCC[C@@H](C)Oc2ccc(NC(=O)NC(C)C)cc2C(=O)N([C@@H](C)CO)C[C@@H]1C. The Morgan fingerprint density at radius 2 is 1.91 bits per heavy atom. The van der Waals surface area contributed by atoms with E-state index in [1.165, 1.54) is 11.4 Å². The standard InChI is InChI=1S/C31H49N5O8S/c1-19(2)32-31(39)33-25-12-13-27-26(15-25)30(38)36(21(4)18-37)16-20(3)28(42-14-10-9-11-22(5)43-27)17-35(8)45(40,41)29-23(6)34-44-24(29)7/h12-13,15,19-22,28,37H,9-11,14,16-18H2,1-8H3,(H2,32,33,39)/t20-,21-,22+,28-/m0/s1. The van der Waals surface area contributed by atoms with Gasteiger partial charge in [-0.1, -0.05) is 12.1 Å². The van der Waals surface area contributed by atoms with E-state index >= 15 is 0 Å². The summed E-state index contributed by atoms with van der Waals surface area (Å²) in [5.74, 6) is -0.153. The molecule has 252 valence electrons. The first-order valence-electron chi connectivity index (χ1n) is 15.5. The molecule has 1 aromatic carbocycles. The average molecular weight is 652 g/mol. The van der Waals surface area contributed by atoms with Crippen LogP contribution in [0.1, 0.15) is 75.7 Å². The lowest BCUT2D eigenvalue weighted by molar-refractivity contribution is -0.00835. The molecular weight excluding hydrogens is 602 g/mol. The number of anilines is 1. The molecule has 4 atom stereocenters. The van der Waals surface area contributed by atoms with Gasteiger partial charge in [0.1, 0.15) is 16.3 Å². The Kier molecular flexibility index (Phi) is 12.8. The van der Waals surface area contributed by atoms with Crippen molar-refractivity contribution < 1.29 is 37.1 Å². The fourth-order valence-corrected chi connectivity index (χ4v) is 6.71. The summed E-state index contributed by atoms with van der Waals surface area (Å²) < 4.78 is 45.9. The van der Waals surface area contributed by atoms with Gasteiger partial charge in [0.2, 0.25) is 10.0 Å². The average Bonchev–Trinajstić information content (AvgIpc) is 3.31. The second-order valence-corrected chi connectivity index (χ2v) is 14.2. The van der Waals surface area contributed by atoms with E-state index in [-0.39, 0.29) is 59.7 Å². The van der Waals surface area contributed by atoms with E-state index in [2.05, 4.69) is 15.8 Å². The summed E-state index contributed by atoms with van der Waals surface area (Å²) in [7, 11) is -2.45. The number of ether oxygens (including phenoxy) is 2. The number of rotatable bonds is 8. The van der Waals surface area contributed by atoms with Crippen LogP contribution in [-0.4, -0.2) is 97.5 Å². The number of aromatic nitrogens is 1. The van der Waals surface area contributed by atoms with Crippen molar-refractivity contribution in [2.75, 3.05) is 38.7 Å². The zero-order valence-electron chi connectivity index (χ0n) is 27.6. The van der Waals surface area contributed by atoms with Crippen LogP contribution in [0.2, 0.25) is 0 Å². The Labute approximate surface area is 266 Å². The molecule has 0 radical (unpaired) electrons. The lowest BCUT2D eigenvalue weighted by Gasteiger charge is -2.35. The third-order valence-corrected chi connectivity index (χ3v) is 9.87. The number of nitrogens with zero attached hydrogens (tertiary/aromatic N) is 3. The molecule has 0 unspecified atom stereocenters. The van der Waals surface area contributed by atoms with Crippen molar-refractivity contribution >= 4 is 27.6 Å². The number of nitrogens with one attached hydrogen (secondary N) is 2. The summed E-state index contributed by atoms with van der Waals surface area (Å²) in [6.45, 7) is 12.7. The fraction of sp³-hybridized carbons (Fsp3) is 0.645. The van der Waals surface area contributed by atoms with E-state index in [9.17, 15) is 23.1 Å². The minimum atomic E-state index is -3.94. The third kappa shape index (κ3) is 9.41. The lowest BCUT2D eigenvalue weighted by Crippen LogP contribution is -2.48. The Bertz CT molecular complexity index is 1390. The molecule has 2 aromatic rings. The van der Waals surface area contributed by atoms with Crippen LogP contribution in [0.3, 0.4) is 0 Å². The Hall–Kier alpha value is -3.20. The number of benzene rings is 1. The summed E-state index contributed by atoms with van der Waals surface area (Å²) >= 11 is 0. The van der Waals surface area contributed by atoms with Gasteiger partial charge >= 0.3 is 6.03 Å². The number of urea groups is 1. The van der Waals surface area contributed by atoms with Crippen molar-refractivity contribution in [1.29, 1.82) is 0 Å². The van der Waals surface area contributed by atoms with E-state index in [1.807, 2.05) is 27.7 Å². The van der Waals surface area contributed by atoms with Crippen molar-refractivity contribution in [3.05, 3.63) is 35.2 Å². The minimum Gasteiger partial charge on any atom is -0.490 e. The Balaban J connectivity index is 1.97. The molecule has 1 aliphatic rings. The number of aryl methyl sites for hydroxylation is 2. The molecule has 2 heterocycles. The normalized spacial score (nSPS) is 21.2. The summed E-state index contributed by atoms with van der Waals surface area (Å²) in [5, 5.41) is 19.5. The maximum absolute atomic E-state index is 14.2. The third-order valence-electron chi connectivity index (χ3n) is 7.80. The van der Waals surface area contributed by atoms with Crippen molar-refractivity contribution in [3.8, 4) is 5.75 Å². The molecule has 1 aliphatic heterocycles. The molecule has 0 fully saturated rings. The summed E-state index contributed by atoms with van der Waals surface area (Å²) in [6.07, 6.45) is 1.43. The number of hydrogen-bond acceptors (Lipinski definition) is 9. The zero-order chi connectivity index (χ0) is 33.5. The first-order chi connectivity index (χ1) is 21.1. The molecule has 0 aliphatic carbocycles. The predicted molar refractivity (Wildman–Crippen MR) is 170 cm³/mol. The number of aliphatic hydroxyl groups excluding tert-OH is 1. The van der Waals surface area contributed by atoms with E-state index in [1.54, 1.807) is 43.9 Å². The number of hydrogen-bond donors (Lipinski definition) is 3. The molecule has 14 heteroatoms. The lowest BCUT2D eigenvalue weighted by atomic mass is 10.0. The van der Waals surface area contributed by atoms with Gasteiger partial charge in [-0.15, -0.1) is 0 Å². The topological polar surface area (TPSA) is 164 Å². The second kappa shape index (κ2) is 15.9. The number of amides is 3. The molecular formula is C31H49N5O8S. The van der Waals surface area contributed by atoms with Crippen LogP contribution in [-0.2, 0) is 14.8 Å². The molecule has 1 aromatic heterocycles. The quantitative estimate of drug-likeness (QED) is 0.384. The molecule has 3 amide bonds. The van der Waals surface area contributed by atoms with E-state index in [4.69, 9.17) is 14.0 Å². The Morgan fingerprint density at radius 1 is 1.20 bits per heavy atom. The van der Waals surface area contributed by atoms with Gasteiger partial charge in [-0.05, 0) is 79.0 Å². The molecule has 0 spiro atoms. The highest BCUT2D eigenvalue weighted by atomic mass is 32.2. The van der Waals surface area contributed by atoms with Gasteiger partial charge in [-0.25, -0.2) is 13.2 Å². The summed E-state index contributed by atoms with van der Waals surface area (Å²) in [4.78, 5) is 28.2. The minimum absolute atomic E-state index is 0.0260. The van der Waals surface area contributed by atoms with Crippen molar-refractivity contribution in [1.82, 2.24) is 19.7 Å². The zero-order valence-corrected chi connectivity index (χ0v) is 28.4. The van der Waals surface area contributed by atoms with Crippen molar-refractivity contribution in [2.24, 2.45) is 5.92 Å². The summed E-state index contributed by atoms with van der Waals surface area (Å²) in [5.41, 5.74) is 0.928. The first-order valence-corrected chi connectivity index (χ1v) is 16.9. The summed E-state index contributed by atoms with van der Waals surface area (Å²) in [6, 6.07) is 3.87. The number of carbonyl (C=O) groups excluding carboxylic acids is 2. The first kappa shape index (κ1) is 36.3. The maximum atomic E-state index is 14.2. The Morgan fingerprint density at radius 3 is 2.53 bits per heavy atom. The van der Waals surface area contributed by atoms with Crippen molar-refractivity contribution in [2.45, 2.75) is 96.9 Å². The van der Waals surface area contributed by atoms with E-state index < -0.39 is 34.1 Å². The van der Waals surface area contributed by atoms with Crippen LogP contribution in [0.4, 0.5) is 10.5 Å². The maximum Gasteiger partial charge on any atom is 0.319 e. The van der Waals surface area contributed by atoms with Gasteiger partial charge in [0.05, 0.1) is 30.4 Å². The van der Waals surface area contributed by atoms with Crippen LogP contribution in [0.25, 0.3) is 0 Å². The van der Waals surface area contributed by atoms with Gasteiger partial charge in [0.15, 0.2) is 5.76 Å². The molecule has 0 saturated heterocycles. The molecule has 45 heavy (non-hydrogen) atoms. The van der Waals surface area contributed by atoms with Gasteiger partial charge < -0.3 is 34.6 Å².